The number of aromatic nitrogens is 2. The van der Waals surface area contributed by atoms with E-state index in [1.54, 1.807) is 7.11 Å². The van der Waals surface area contributed by atoms with Crippen LogP contribution in [0.5, 0.6) is 5.75 Å². The van der Waals surface area contributed by atoms with Crippen molar-refractivity contribution in [1.82, 2.24) is 19.0 Å². The van der Waals surface area contributed by atoms with E-state index in [1.165, 1.54) is 38.4 Å². The predicted molar refractivity (Wildman–Crippen MR) is 105 cm³/mol. The second kappa shape index (κ2) is 7.99. The van der Waals surface area contributed by atoms with E-state index in [9.17, 15) is 13.2 Å². The number of carbonyl (C=O) groups is 1. The Morgan fingerprint density at radius 1 is 1.21 bits per heavy atom. The van der Waals surface area contributed by atoms with Gasteiger partial charge in [-0.05, 0) is 36.4 Å². The quantitative estimate of drug-likeness (QED) is 0.648. The van der Waals surface area contributed by atoms with Crippen molar-refractivity contribution in [3.63, 3.8) is 0 Å². The Morgan fingerprint density at radius 2 is 1.93 bits per heavy atom. The summed E-state index contributed by atoms with van der Waals surface area (Å²) in [4.78, 5) is 17.0. The van der Waals surface area contributed by atoms with Gasteiger partial charge >= 0.3 is 0 Å². The molecule has 1 N–H and O–H groups in total. The highest BCUT2D eigenvalue weighted by Crippen LogP contribution is 2.18. The summed E-state index contributed by atoms with van der Waals surface area (Å²) in [5.74, 6) is 0.417. The number of pyridine rings is 1. The second-order valence-electron chi connectivity index (χ2n) is 6.36. The van der Waals surface area contributed by atoms with Crippen molar-refractivity contribution in [1.29, 1.82) is 0 Å². The lowest BCUT2D eigenvalue weighted by Crippen LogP contribution is -2.26. The van der Waals surface area contributed by atoms with Crippen LogP contribution in [0.4, 0.5) is 0 Å². The first-order valence-electron chi connectivity index (χ1n) is 8.64. The summed E-state index contributed by atoms with van der Waals surface area (Å²) in [6, 6.07) is 9.58. The summed E-state index contributed by atoms with van der Waals surface area (Å²) >= 11 is 0. The number of rotatable bonds is 7. The molecule has 1 amide bonds. The molecule has 2 heterocycles. The van der Waals surface area contributed by atoms with Gasteiger partial charge in [-0.2, -0.15) is 0 Å². The molecule has 148 valence electrons. The number of hydrogen-bond acceptors (Lipinski definition) is 5. The number of nitrogens with zero attached hydrogens (tertiary/aromatic N) is 3. The Labute approximate surface area is 163 Å². The number of ether oxygens (including phenoxy) is 1. The first-order chi connectivity index (χ1) is 13.3. The zero-order valence-corrected chi connectivity index (χ0v) is 16.7. The van der Waals surface area contributed by atoms with Crippen molar-refractivity contribution in [3.8, 4) is 5.75 Å². The van der Waals surface area contributed by atoms with Crippen LogP contribution in [-0.4, -0.2) is 55.8 Å². The number of nitrogens with one attached hydrogen (secondary N) is 1. The highest BCUT2D eigenvalue weighted by Gasteiger charge is 2.17. The van der Waals surface area contributed by atoms with Gasteiger partial charge in [-0.15, -0.1) is 0 Å². The summed E-state index contributed by atoms with van der Waals surface area (Å²) < 4.78 is 32.4. The minimum Gasteiger partial charge on any atom is -0.493 e. The third kappa shape index (κ3) is 4.00. The van der Waals surface area contributed by atoms with Crippen LogP contribution in [0.1, 0.15) is 16.1 Å². The molecule has 0 unspecified atom stereocenters. The lowest BCUT2D eigenvalue weighted by atomic mass is 10.2. The van der Waals surface area contributed by atoms with Crippen molar-refractivity contribution in [2.45, 2.75) is 11.3 Å². The van der Waals surface area contributed by atoms with Crippen LogP contribution >= 0.6 is 0 Å². The molecule has 0 saturated heterocycles. The van der Waals surface area contributed by atoms with Gasteiger partial charge in [-0.1, -0.05) is 0 Å². The molecule has 0 spiro atoms. The van der Waals surface area contributed by atoms with Crippen molar-refractivity contribution in [2.75, 3.05) is 27.7 Å². The second-order valence-corrected chi connectivity index (χ2v) is 8.51. The Morgan fingerprint density at radius 3 is 2.57 bits per heavy atom. The van der Waals surface area contributed by atoms with Gasteiger partial charge in [0.1, 0.15) is 0 Å². The molecule has 1 aromatic carbocycles. The van der Waals surface area contributed by atoms with Crippen LogP contribution in [-0.2, 0) is 16.4 Å². The van der Waals surface area contributed by atoms with Crippen LogP contribution in [0.25, 0.3) is 5.65 Å². The maximum Gasteiger partial charge on any atom is 0.251 e. The van der Waals surface area contributed by atoms with Gasteiger partial charge in [0.2, 0.25) is 10.0 Å². The molecule has 0 aliphatic rings. The van der Waals surface area contributed by atoms with Crippen molar-refractivity contribution < 1.29 is 17.9 Å². The molecule has 0 aliphatic heterocycles. The number of benzene rings is 1. The standard InChI is InChI=1S/C19H22N4O4S/c1-22(2)28(25,26)16-8-6-14(7-9-16)19(24)20-11-10-15-13-23-12-4-5-17(27-3)18(23)21-15/h4-9,12-13H,10-11H2,1-3H3,(H,20,24). The van der Waals surface area contributed by atoms with Crippen molar-refractivity contribution in [3.05, 3.63) is 60.0 Å². The van der Waals surface area contributed by atoms with E-state index in [-0.39, 0.29) is 10.8 Å². The monoisotopic (exact) mass is 402 g/mol. The first kappa shape index (κ1) is 19.8. The molecule has 2 aromatic heterocycles. The smallest absolute Gasteiger partial charge is 0.251 e. The van der Waals surface area contributed by atoms with Crippen LogP contribution in [0.3, 0.4) is 0 Å². The van der Waals surface area contributed by atoms with Crippen LogP contribution < -0.4 is 10.1 Å². The van der Waals surface area contributed by atoms with E-state index in [2.05, 4.69) is 10.3 Å². The number of amides is 1. The predicted octanol–water partition coefficient (Wildman–Crippen LogP) is 1.57. The average Bonchev–Trinajstić information content (AvgIpc) is 3.10. The highest BCUT2D eigenvalue weighted by atomic mass is 32.2. The van der Waals surface area contributed by atoms with E-state index in [0.717, 1.165) is 15.6 Å². The van der Waals surface area contributed by atoms with Crippen LogP contribution in [0.2, 0.25) is 0 Å². The molecule has 0 fully saturated rings. The SMILES string of the molecule is COc1cccn2cc(CCNC(=O)c3ccc(S(=O)(=O)N(C)C)cc3)nc12. The van der Waals surface area contributed by atoms with Gasteiger partial charge in [0.15, 0.2) is 11.4 Å². The number of methoxy groups -OCH3 is 1. The topological polar surface area (TPSA) is 93.0 Å². The zero-order valence-electron chi connectivity index (χ0n) is 15.9. The largest absolute Gasteiger partial charge is 0.493 e. The lowest BCUT2D eigenvalue weighted by molar-refractivity contribution is 0.0954. The molecular formula is C19H22N4O4S. The minimum atomic E-state index is -3.51. The molecule has 0 bridgehead atoms. The summed E-state index contributed by atoms with van der Waals surface area (Å²) in [5, 5.41) is 2.82. The molecule has 0 saturated carbocycles. The fourth-order valence-corrected chi connectivity index (χ4v) is 3.61. The molecule has 3 rings (SSSR count). The molecular weight excluding hydrogens is 380 g/mol. The maximum atomic E-state index is 12.3. The minimum absolute atomic E-state index is 0.146. The van der Waals surface area contributed by atoms with E-state index in [0.29, 0.717) is 24.3 Å². The van der Waals surface area contributed by atoms with Crippen LogP contribution in [0, 0.1) is 0 Å². The fraction of sp³-hybridized carbons (Fsp3) is 0.263. The molecule has 28 heavy (non-hydrogen) atoms. The summed E-state index contributed by atoms with van der Waals surface area (Å²) in [7, 11) is 1.01. The summed E-state index contributed by atoms with van der Waals surface area (Å²) in [6.45, 7) is 0.406. The van der Waals surface area contributed by atoms with Crippen LogP contribution in [0.15, 0.2) is 53.7 Å². The first-order valence-corrected chi connectivity index (χ1v) is 10.1. The zero-order chi connectivity index (χ0) is 20.3. The summed E-state index contributed by atoms with van der Waals surface area (Å²) in [5.41, 5.74) is 1.95. The van der Waals surface area contributed by atoms with Gasteiger partial charge in [0.05, 0.1) is 17.7 Å². The molecule has 0 aliphatic carbocycles. The third-order valence-electron chi connectivity index (χ3n) is 4.28. The number of fused-ring (bicyclic) bond motifs is 1. The maximum absolute atomic E-state index is 12.3. The van der Waals surface area contributed by atoms with E-state index in [4.69, 9.17) is 4.74 Å². The Balaban J connectivity index is 1.62. The Kier molecular flexibility index (Phi) is 5.66. The highest BCUT2D eigenvalue weighted by molar-refractivity contribution is 7.89. The molecule has 0 atom stereocenters. The third-order valence-corrected chi connectivity index (χ3v) is 6.11. The summed E-state index contributed by atoms with van der Waals surface area (Å²) in [6.07, 6.45) is 4.34. The van der Waals surface area contributed by atoms with Gasteiger partial charge in [0, 0.05) is 45.0 Å². The van der Waals surface area contributed by atoms with Crippen molar-refractivity contribution in [2.24, 2.45) is 0 Å². The molecule has 9 heteroatoms. The Hall–Kier alpha value is -2.91. The van der Waals surface area contributed by atoms with Gasteiger partial charge in [-0.25, -0.2) is 17.7 Å². The fourth-order valence-electron chi connectivity index (χ4n) is 2.71. The van der Waals surface area contributed by atoms with E-state index in [1.807, 2.05) is 28.9 Å². The molecule has 8 nitrogen and oxygen atoms in total. The van der Waals surface area contributed by atoms with Gasteiger partial charge in [0.25, 0.3) is 5.91 Å². The van der Waals surface area contributed by atoms with Gasteiger partial charge < -0.3 is 14.5 Å². The normalized spacial score (nSPS) is 11.7. The number of hydrogen-bond donors (Lipinski definition) is 1. The van der Waals surface area contributed by atoms with E-state index < -0.39 is 10.0 Å². The average molecular weight is 402 g/mol. The van der Waals surface area contributed by atoms with Gasteiger partial charge in [-0.3, -0.25) is 4.79 Å². The molecule has 3 aromatic rings. The lowest BCUT2D eigenvalue weighted by Gasteiger charge is -2.11. The molecule has 0 radical (unpaired) electrons. The number of sulfonamides is 1. The van der Waals surface area contributed by atoms with E-state index >= 15 is 0 Å². The number of carbonyl (C=O) groups excluding carboxylic acids is 1. The Bertz CT molecular complexity index is 1090. The number of imidazole rings is 1. The van der Waals surface area contributed by atoms with Crippen molar-refractivity contribution >= 4 is 21.6 Å².